The molecule has 1 aliphatic rings. The van der Waals surface area contributed by atoms with Gasteiger partial charge in [0.05, 0.1) is 6.20 Å². The topological polar surface area (TPSA) is 50.1 Å². The molecule has 0 radical (unpaired) electrons. The smallest absolute Gasteiger partial charge is 0.195 e. The summed E-state index contributed by atoms with van der Waals surface area (Å²) >= 11 is 0. The second-order valence-corrected chi connectivity index (χ2v) is 4.78. The molecular weight excluding hydrogens is 214 g/mol. The molecule has 0 spiro atoms. The van der Waals surface area contributed by atoms with Crippen molar-refractivity contribution in [3.05, 3.63) is 17.8 Å². The Kier molecular flexibility index (Phi) is 5.01. The second kappa shape index (κ2) is 6.77. The lowest BCUT2D eigenvalue weighted by Crippen LogP contribution is -2.35. The number of nitrogens with one attached hydrogen (secondary N) is 2. The molecule has 1 saturated heterocycles. The minimum atomic E-state index is 0.563. The first-order valence-electron chi connectivity index (χ1n) is 6.70. The zero-order chi connectivity index (χ0) is 11.9. The highest BCUT2D eigenvalue weighted by molar-refractivity contribution is 4.96. The summed E-state index contributed by atoms with van der Waals surface area (Å²) in [6.45, 7) is 2.17. The van der Waals surface area contributed by atoms with Crippen molar-refractivity contribution in [2.45, 2.75) is 44.6 Å². The summed E-state index contributed by atoms with van der Waals surface area (Å²) < 4.78 is 5.75. The van der Waals surface area contributed by atoms with Gasteiger partial charge in [-0.3, -0.25) is 0 Å². The van der Waals surface area contributed by atoms with Gasteiger partial charge in [0.2, 0.25) is 0 Å². The van der Waals surface area contributed by atoms with Gasteiger partial charge in [-0.05, 0) is 39.4 Å². The first-order valence-corrected chi connectivity index (χ1v) is 6.70. The Morgan fingerprint density at radius 3 is 3.24 bits per heavy atom. The lowest BCUT2D eigenvalue weighted by atomic mass is 10.0. The number of piperidine rings is 1. The molecule has 1 unspecified atom stereocenters. The van der Waals surface area contributed by atoms with Crippen LogP contribution in [0.5, 0.6) is 0 Å². The molecular formula is C13H23N3O. The molecule has 1 aromatic heterocycles. The van der Waals surface area contributed by atoms with Gasteiger partial charge < -0.3 is 15.1 Å². The largest absolute Gasteiger partial charge is 0.446 e. The van der Waals surface area contributed by atoms with E-state index >= 15 is 0 Å². The molecule has 1 aromatic rings. The van der Waals surface area contributed by atoms with Crippen LogP contribution in [-0.2, 0) is 12.8 Å². The molecule has 4 heteroatoms. The van der Waals surface area contributed by atoms with Crippen molar-refractivity contribution in [2.24, 2.45) is 0 Å². The van der Waals surface area contributed by atoms with Crippen LogP contribution in [0.15, 0.2) is 10.6 Å². The molecule has 1 aliphatic heterocycles. The predicted octanol–water partition coefficient (Wildman–Crippen LogP) is 1.51. The van der Waals surface area contributed by atoms with Crippen LogP contribution < -0.4 is 10.6 Å². The molecule has 2 rings (SSSR count). The maximum atomic E-state index is 5.75. The summed E-state index contributed by atoms with van der Waals surface area (Å²) in [5, 5.41) is 6.66. The van der Waals surface area contributed by atoms with Gasteiger partial charge in [-0.15, -0.1) is 0 Å². The quantitative estimate of drug-likeness (QED) is 0.736. The van der Waals surface area contributed by atoms with Gasteiger partial charge in [0.25, 0.3) is 0 Å². The van der Waals surface area contributed by atoms with Crippen LogP contribution in [0.3, 0.4) is 0 Å². The molecule has 96 valence electrons. The van der Waals surface area contributed by atoms with E-state index in [2.05, 4.69) is 15.6 Å². The van der Waals surface area contributed by atoms with E-state index in [1.807, 2.05) is 13.2 Å². The van der Waals surface area contributed by atoms with Crippen LogP contribution in [0.2, 0.25) is 0 Å². The number of aryl methyl sites for hydroxylation is 1. The van der Waals surface area contributed by atoms with Gasteiger partial charge in [-0.1, -0.05) is 6.42 Å². The van der Waals surface area contributed by atoms with E-state index in [1.54, 1.807) is 0 Å². The molecule has 1 atom stereocenters. The van der Waals surface area contributed by atoms with Crippen LogP contribution in [0.1, 0.15) is 37.3 Å². The van der Waals surface area contributed by atoms with Crippen LogP contribution in [0, 0.1) is 0 Å². The summed E-state index contributed by atoms with van der Waals surface area (Å²) in [5.74, 6) is 1.91. The SMILES string of the molecule is CNCCCc1cnc(CC2CCCCN2)o1. The van der Waals surface area contributed by atoms with Gasteiger partial charge in [-0.25, -0.2) is 4.98 Å². The highest BCUT2D eigenvalue weighted by Crippen LogP contribution is 2.13. The summed E-state index contributed by atoms with van der Waals surface area (Å²) in [6, 6.07) is 0.563. The number of oxazole rings is 1. The predicted molar refractivity (Wildman–Crippen MR) is 68.1 cm³/mol. The normalized spacial score (nSPS) is 20.6. The third kappa shape index (κ3) is 4.13. The van der Waals surface area contributed by atoms with E-state index in [0.717, 1.165) is 44.0 Å². The van der Waals surface area contributed by atoms with Crippen molar-refractivity contribution in [3.8, 4) is 0 Å². The van der Waals surface area contributed by atoms with E-state index in [9.17, 15) is 0 Å². The maximum Gasteiger partial charge on any atom is 0.195 e. The lowest BCUT2D eigenvalue weighted by molar-refractivity contribution is 0.359. The molecule has 2 N–H and O–H groups in total. The standard InChI is InChI=1S/C13H23N3O/c1-14-7-4-6-12-10-16-13(17-12)9-11-5-2-3-8-15-11/h10-11,14-15H,2-9H2,1H3. The lowest BCUT2D eigenvalue weighted by Gasteiger charge is -2.21. The number of hydrogen-bond acceptors (Lipinski definition) is 4. The van der Waals surface area contributed by atoms with E-state index in [1.165, 1.54) is 19.3 Å². The fraction of sp³-hybridized carbons (Fsp3) is 0.769. The fourth-order valence-corrected chi connectivity index (χ4v) is 2.31. The molecule has 4 nitrogen and oxygen atoms in total. The molecule has 0 aliphatic carbocycles. The third-order valence-corrected chi connectivity index (χ3v) is 3.28. The molecule has 1 fully saturated rings. The fourth-order valence-electron chi connectivity index (χ4n) is 2.31. The average molecular weight is 237 g/mol. The van der Waals surface area contributed by atoms with Crippen LogP contribution in [-0.4, -0.2) is 31.2 Å². The molecule has 0 aromatic carbocycles. The first-order chi connectivity index (χ1) is 8.38. The minimum Gasteiger partial charge on any atom is -0.446 e. The Hall–Kier alpha value is -0.870. The number of rotatable bonds is 6. The summed E-state index contributed by atoms with van der Waals surface area (Å²) in [7, 11) is 1.97. The second-order valence-electron chi connectivity index (χ2n) is 4.78. The summed E-state index contributed by atoms with van der Waals surface area (Å²) in [6.07, 6.45) is 8.78. The number of hydrogen-bond donors (Lipinski definition) is 2. The molecule has 17 heavy (non-hydrogen) atoms. The molecule has 0 bridgehead atoms. The van der Waals surface area contributed by atoms with Crippen LogP contribution in [0.4, 0.5) is 0 Å². The van der Waals surface area contributed by atoms with Gasteiger partial charge in [0.15, 0.2) is 5.89 Å². The third-order valence-electron chi connectivity index (χ3n) is 3.28. The highest BCUT2D eigenvalue weighted by Gasteiger charge is 2.15. The maximum absolute atomic E-state index is 5.75. The van der Waals surface area contributed by atoms with Crippen molar-refractivity contribution in [2.75, 3.05) is 20.1 Å². The van der Waals surface area contributed by atoms with Crippen molar-refractivity contribution in [1.29, 1.82) is 0 Å². The van der Waals surface area contributed by atoms with Gasteiger partial charge >= 0.3 is 0 Å². The first kappa shape index (κ1) is 12.6. The van der Waals surface area contributed by atoms with Crippen molar-refractivity contribution < 1.29 is 4.42 Å². The van der Waals surface area contributed by atoms with E-state index in [-0.39, 0.29) is 0 Å². The molecule has 0 amide bonds. The van der Waals surface area contributed by atoms with Gasteiger partial charge in [0.1, 0.15) is 5.76 Å². The number of aromatic nitrogens is 1. The van der Waals surface area contributed by atoms with Crippen molar-refractivity contribution in [1.82, 2.24) is 15.6 Å². The summed E-state index contributed by atoms with van der Waals surface area (Å²) in [5.41, 5.74) is 0. The minimum absolute atomic E-state index is 0.563. The van der Waals surface area contributed by atoms with E-state index in [0.29, 0.717) is 6.04 Å². The van der Waals surface area contributed by atoms with Crippen molar-refractivity contribution >= 4 is 0 Å². The summed E-state index contributed by atoms with van der Waals surface area (Å²) in [4.78, 5) is 4.36. The Morgan fingerprint density at radius 1 is 1.53 bits per heavy atom. The van der Waals surface area contributed by atoms with Crippen LogP contribution >= 0.6 is 0 Å². The zero-order valence-electron chi connectivity index (χ0n) is 10.7. The Balaban J connectivity index is 1.76. The van der Waals surface area contributed by atoms with Gasteiger partial charge in [-0.2, -0.15) is 0 Å². The van der Waals surface area contributed by atoms with E-state index in [4.69, 9.17) is 4.42 Å². The Bertz CT molecular complexity index is 318. The Morgan fingerprint density at radius 2 is 2.47 bits per heavy atom. The monoisotopic (exact) mass is 237 g/mol. The van der Waals surface area contributed by atoms with Gasteiger partial charge in [0, 0.05) is 18.9 Å². The van der Waals surface area contributed by atoms with Crippen LogP contribution in [0.25, 0.3) is 0 Å². The Labute approximate surface area is 103 Å². The average Bonchev–Trinajstić information content (AvgIpc) is 2.79. The molecule has 2 heterocycles. The van der Waals surface area contributed by atoms with E-state index < -0.39 is 0 Å². The number of nitrogens with zero attached hydrogens (tertiary/aromatic N) is 1. The zero-order valence-corrected chi connectivity index (χ0v) is 10.7. The van der Waals surface area contributed by atoms with Crippen molar-refractivity contribution in [3.63, 3.8) is 0 Å². The highest BCUT2D eigenvalue weighted by atomic mass is 16.4. The molecule has 0 saturated carbocycles.